The smallest absolute Gasteiger partial charge is 0.387 e. The first kappa shape index (κ1) is 19.6. The highest BCUT2D eigenvalue weighted by Gasteiger charge is 2.19. The van der Waals surface area contributed by atoms with Gasteiger partial charge >= 0.3 is 12.6 Å². The van der Waals surface area contributed by atoms with Crippen LogP contribution in [0.25, 0.3) is 0 Å². The molecule has 1 aromatic carbocycles. The summed E-state index contributed by atoms with van der Waals surface area (Å²) in [4.78, 5) is 23.9. The summed E-state index contributed by atoms with van der Waals surface area (Å²) in [5.41, 5.74) is 0.807. The maximum atomic E-state index is 12.4. The molecule has 0 saturated carbocycles. The SMILES string of the molecule is COc1cc(C(=O)O)ccc1CCNC(=O)c1sc(C)cc1OC(F)F. The molecule has 0 fully saturated rings. The molecule has 0 spiro atoms. The summed E-state index contributed by atoms with van der Waals surface area (Å²) in [6.07, 6.45) is 0.379. The van der Waals surface area contributed by atoms with Gasteiger partial charge in [0.25, 0.3) is 5.91 Å². The molecule has 9 heteroatoms. The van der Waals surface area contributed by atoms with Crippen LogP contribution in [0, 0.1) is 6.92 Å². The van der Waals surface area contributed by atoms with E-state index in [-0.39, 0.29) is 22.7 Å². The predicted molar refractivity (Wildman–Crippen MR) is 91.7 cm³/mol. The van der Waals surface area contributed by atoms with E-state index < -0.39 is 18.5 Å². The second kappa shape index (κ2) is 8.61. The van der Waals surface area contributed by atoms with Crippen molar-refractivity contribution in [2.75, 3.05) is 13.7 Å². The van der Waals surface area contributed by atoms with Gasteiger partial charge in [0, 0.05) is 11.4 Å². The molecule has 0 atom stereocenters. The minimum absolute atomic E-state index is 0.0796. The molecule has 26 heavy (non-hydrogen) atoms. The van der Waals surface area contributed by atoms with Crippen molar-refractivity contribution in [2.24, 2.45) is 0 Å². The van der Waals surface area contributed by atoms with Gasteiger partial charge in [0.15, 0.2) is 0 Å². The van der Waals surface area contributed by atoms with Crippen molar-refractivity contribution >= 4 is 23.2 Å². The number of methoxy groups -OCH3 is 1. The van der Waals surface area contributed by atoms with E-state index in [0.717, 1.165) is 11.3 Å². The van der Waals surface area contributed by atoms with Crippen LogP contribution in [0.1, 0.15) is 30.5 Å². The number of thiophene rings is 1. The molecule has 0 unspecified atom stereocenters. The van der Waals surface area contributed by atoms with E-state index in [1.165, 1.54) is 25.3 Å². The third-order valence-electron chi connectivity index (χ3n) is 3.46. The molecule has 1 heterocycles. The van der Waals surface area contributed by atoms with E-state index in [4.69, 9.17) is 9.84 Å². The fraction of sp³-hybridized carbons (Fsp3) is 0.294. The van der Waals surface area contributed by atoms with Gasteiger partial charge in [0.05, 0.1) is 12.7 Å². The molecule has 0 bridgehead atoms. The number of aryl methyl sites for hydroxylation is 1. The van der Waals surface area contributed by atoms with Gasteiger partial charge in [-0.2, -0.15) is 8.78 Å². The second-order valence-electron chi connectivity index (χ2n) is 5.27. The number of hydrogen-bond acceptors (Lipinski definition) is 5. The lowest BCUT2D eigenvalue weighted by atomic mass is 10.1. The third-order valence-corrected chi connectivity index (χ3v) is 4.49. The number of ether oxygens (including phenoxy) is 2. The minimum atomic E-state index is -3.01. The van der Waals surface area contributed by atoms with Crippen molar-refractivity contribution in [1.82, 2.24) is 5.32 Å². The molecule has 0 aliphatic rings. The molecule has 2 N–H and O–H groups in total. The fourth-order valence-electron chi connectivity index (χ4n) is 2.31. The number of carbonyl (C=O) groups excluding carboxylic acids is 1. The maximum absolute atomic E-state index is 12.4. The van der Waals surface area contributed by atoms with Crippen LogP contribution < -0.4 is 14.8 Å². The Morgan fingerprint density at radius 2 is 2.00 bits per heavy atom. The number of alkyl halides is 2. The molecule has 0 radical (unpaired) electrons. The van der Waals surface area contributed by atoms with E-state index >= 15 is 0 Å². The van der Waals surface area contributed by atoms with Crippen LogP contribution >= 0.6 is 11.3 Å². The number of hydrogen-bond donors (Lipinski definition) is 2. The van der Waals surface area contributed by atoms with E-state index in [2.05, 4.69) is 10.1 Å². The van der Waals surface area contributed by atoms with Crippen molar-refractivity contribution in [3.63, 3.8) is 0 Å². The van der Waals surface area contributed by atoms with E-state index in [1.54, 1.807) is 13.0 Å². The molecule has 140 valence electrons. The van der Waals surface area contributed by atoms with Crippen LogP contribution in [0.5, 0.6) is 11.5 Å². The van der Waals surface area contributed by atoms with Crippen molar-refractivity contribution in [2.45, 2.75) is 20.0 Å². The Hall–Kier alpha value is -2.68. The van der Waals surface area contributed by atoms with Crippen LogP contribution in [0.4, 0.5) is 8.78 Å². The predicted octanol–water partition coefficient (Wildman–Crippen LogP) is 3.34. The Bertz CT molecular complexity index is 806. The summed E-state index contributed by atoms with van der Waals surface area (Å²) in [6, 6.07) is 5.84. The van der Waals surface area contributed by atoms with Crippen molar-refractivity contribution < 1.29 is 33.0 Å². The minimum Gasteiger partial charge on any atom is -0.496 e. The van der Waals surface area contributed by atoms with E-state index in [0.29, 0.717) is 22.6 Å². The van der Waals surface area contributed by atoms with Crippen LogP contribution in [0.2, 0.25) is 0 Å². The lowest BCUT2D eigenvalue weighted by molar-refractivity contribution is -0.0498. The number of carboxylic acid groups (broad SMARTS) is 1. The molecular formula is C17H17F2NO5S. The standard InChI is InChI=1S/C17H17F2NO5S/c1-9-7-13(25-17(18)19)14(26-9)15(21)20-6-5-10-3-4-11(16(22)23)8-12(10)24-2/h3-4,7-8,17H,5-6H2,1-2H3,(H,20,21)(H,22,23). The van der Waals surface area contributed by atoms with Crippen molar-refractivity contribution in [3.8, 4) is 11.5 Å². The molecular weight excluding hydrogens is 368 g/mol. The lowest BCUT2D eigenvalue weighted by Gasteiger charge is -2.10. The molecule has 1 aromatic heterocycles. The first-order chi connectivity index (χ1) is 12.3. The zero-order valence-corrected chi connectivity index (χ0v) is 14.9. The lowest BCUT2D eigenvalue weighted by Crippen LogP contribution is -2.25. The molecule has 0 aliphatic carbocycles. The highest BCUT2D eigenvalue weighted by molar-refractivity contribution is 7.14. The second-order valence-corrected chi connectivity index (χ2v) is 6.52. The molecule has 0 aliphatic heterocycles. The largest absolute Gasteiger partial charge is 0.496 e. The van der Waals surface area contributed by atoms with Gasteiger partial charge < -0.3 is 19.9 Å². The molecule has 6 nitrogen and oxygen atoms in total. The number of benzene rings is 1. The first-order valence-electron chi connectivity index (χ1n) is 7.55. The Morgan fingerprint density at radius 1 is 1.27 bits per heavy atom. The third kappa shape index (κ3) is 4.92. The Balaban J connectivity index is 2.02. The molecule has 2 rings (SSSR count). The van der Waals surface area contributed by atoms with Crippen LogP contribution in [-0.4, -0.2) is 37.2 Å². The Morgan fingerprint density at radius 3 is 2.62 bits per heavy atom. The van der Waals surface area contributed by atoms with Crippen LogP contribution in [0.3, 0.4) is 0 Å². The quantitative estimate of drug-likeness (QED) is 0.728. The molecule has 1 amide bonds. The number of amides is 1. The molecule has 0 saturated heterocycles. The number of rotatable bonds is 8. The van der Waals surface area contributed by atoms with E-state index in [1.807, 2.05) is 0 Å². The van der Waals surface area contributed by atoms with Gasteiger partial charge in [0.2, 0.25) is 0 Å². The number of carboxylic acids is 1. The zero-order valence-electron chi connectivity index (χ0n) is 14.0. The summed E-state index contributed by atoms with van der Waals surface area (Å²) >= 11 is 1.06. The topological polar surface area (TPSA) is 84.9 Å². The number of aromatic carboxylic acids is 1. The average molecular weight is 385 g/mol. The van der Waals surface area contributed by atoms with E-state index in [9.17, 15) is 18.4 Å². The first-order valence-corrected chi connectivity index (χ1v) is 8.37. The van der Waals surface area contributed by atoms with Gasteiger partial charge in [0.1, 0.15) is 16.4 Å². The van der Waals surface area contributed by atoms with Crippen LogP contribution in [0.15, 0.2) is 24.3 Å². The monoisotopic (exact) mass is 385 g/mol. The zero-order chi connectivity index (χ0) is 19.3. The van der Waals surface area contributed by atoms with Gasteiger partial charge in [-0.25, -0.2) is 4.79 Å². The normalized spacial score (nSPS) is 10.7. The van der Waals surface area contributed by atoms with Crippen molar-refractivity contribution in [1.29, 1.82) is 0 Å². The fourth-order valence-corrected chi connectivity index (χ4v) is 3.17. The summed E-state index contributed by atoms with van der Waals surface area (Å²) in [6.45, 7) is -1.10. The number of carbonyl (C=O) groups is 2. The number of nitrogens with one attached hydrogen (secondary N) is 1. The Kier molecular flexibility index (Phi) is 6.51. The van der Waals surface area contributed by atoms with Gasteiger partial charge in [-0.05, 0) is 37.1 Å². The summed E-state index contributed by atoms with van der Waals surface area (Å²) in [5, 5.41) is 11.6. The van der Waals surface area contributed by atoms with Gasteiger partial charge in [-0.3, -0.25) is 4.79 Å². The number of halogens is 2. The van der Waals surface area contributed by atoms with Gasteiger partial charge in [-0.15, -0.1) is 11.3 Å². The summed E-state index contributed by atoms with van der Waals surface area (Å²) in [7, 11) is 1.42. The highest BCUT2D eigenvalue weighted by atomic mass is 32.1. The summed E-state index contributed by atoms with van der Waals surface area (Å²) < 4.78 is 34.4. The van der Waals surface area contributed by atoms with Crippen LogP contribution in [-0.2, 0) is 6.42 Å². The van der Waals surface area contributed by atoms with Gasteiger partial charge in [-0.1, -0.05) is 6.07 Å². The maximum Gasteiger partial charge on any atom is 0.387 e. The highest BCUT2D eigenvalue weighted by Crippen LogP contribution is 2.30. The Labute approximate surface area is 152 Å². The molecule has 2 aromatic rings. The van der Waals surface area contributed by atoms with Crippen molar-refractivity contribution in [3.05, 3.63) is 45.1 Å². The summed E-state index contributed by atoms with van der Waals surface area (Å²) in [5.74, 6) is -1.33. The average Bonchev–Trinajstić information content (AvgIpc) is 2.94.